The Hall–Kier alpha value is -5.26. The number of allylic oxidation sites excluding steroid dienone is 1. The fraction of sp³-hybridized carbons (Fsp3) is 0.312. The molecule has 0 atom stereocenters. The Labute approximate surface area is 257 Å². The van der Waals surface area contributed by atoms with Gasteiger partial charge in [0.1, 0.15) is 18.0 Å². The maximum absolute atomic E-state index is 13.8. The van der Waals surface area contributed by atoms with Crippen LogP contribution in [0.1, 0.15) is 20.8 Å². The molecule has 0 aliphatic heterocycles. The summed E-state index contributed by atoms with van der Waals surface area (Å²) in [6.45, 7) is 10.3. The van der Waals surface area contributed by atoms with Crippen LogP contribution < -0.4 is 25.6 Å². The van der Waals surface area contributed by atoms with Crippen LogP contribution in [0.3, 0.4) is 0 Å². The van der Waals surface area contributed by atoms with Crippen LogP contribution in [0, 0.1) is 0 Å². The third-order valence-corrected chi connectivity index (χ3v) is 6.65. The summed E-state index contributed by atoms with van der Waals surface area (Å²) in [5.41, 5.74) is 9.47. The van der Waals surface area contributed by atoms with E-state index in [-0.39, 0.29) is 12.6 Å². The molecule has 12 nitrogen and oxygen atoms in total. The minimum atomic E-state index is -0.811. The first kappa shape index (κ1) is 31.7. The highest BCUT2D eigenvalue weighted by atomic mass is 16.6. The molecule has 44 heavy (non-hydrogen) atoms. The van der Waals surface area contributed by atoms with Crippen LogP contribution in [-0.4, -0.2) is 66.7 Å². The lowest BCUT2D eigenvalue weighted by Crippen LogP contribution is -2.35. The van der Waals surface area contributed by atoms with Gasteiger partial charge in [-0.2, -0.15) is 0 Å². The molecule has 4 aromatic rings. The molecule has 2 amide bonds. The van der Waals surface area contributed by atoms with Gasteiger partial charge < -0.3 is 34.7 Å². The van der Waals surface area contributed by atoms with Crippen molar-refractivity contribution in [2.75, 3.05) is 49.9 Å². The first-order chi connectivity index (χ1) is 21.0. The van der Waals surface area contributed by atoms with Gasteiger partial charge in [-0.25, -0.2) is 24.5 Å². The monoisotopic (exact) mass is 601 g/mol. The van der Waals surface area contributed by atoms with Crippen molar-refractivity contribution in [1.82, 2.24) is 19.9 Å². The Morgan fingerprint density at radius 1 is 1.16 bits per heavy atom. The van der Waals surface area contributed by atoms with E-state index >= 15 is 0 Å². The van der Waals surface area contributed by atoms with Crippen molar-refractivity contribution in [3.63, 3.8) is 0 Å². The van der Waals surface area contributed by atoms with Crippen LogP contribution in [0.25, 0.3) is 22.2 Å². The summed E-state index contributed by atoms with van der Waals surface area (Å²) in [4.78, 5) is 37.6. The summed E-state index contributed by atoms with van der Waals surface area (Å²) in [5, 5.41) is 3.41. The van der Waals surface area contributed by atoms with Crippen molar-refractivity contribution < 1.29 is 23.8 Å². The van der Waals surface area contributed by atoms with E-state index in [0.717, 1.165) is 16.5 Å². The highest BCUT2D eigenvalue weighted by Gasteiger charge is 2.31. The number of hydrogen-bond donors (Lipinski definition) is 2. The van der Waals surface area contributed by atoms with Gasteiger partial charge in [0.2, 0.25) is 5.95 Å². The van der Waals surface area contributed by atoms with Gasteiger partial charge in [0.25, 0.3) is 0 Å². The number of carbonyl (C=O) groups is 2. The second-order valence-electron chi connectivity index (χ2n) is 10.9. The van der Waals surface area contributed by atoms with Gasteiger partial charge in [-0.3, -0.25) is 0 Å². The third kappa shape index (κ3) is 7.02. The number of anilines is 4. The number of methoxy groups -OCH3 is 1. The number of amides is 2. The number of nitrogen functional groups attached to an aromatic ring is 1. The van der Waals surface area contributed by atoms with Crippen molar-refractivity contribution >= 4 is 46.1 Å². The van der Waals surface area contributed by atoms with Gasteiger partial charge in [0.05, 0.1) is 36.4 Å². The number of para-hydroxylation sites is 1. The Morgan fingerprint density at radius 3 is 2.59 bits per heavy atom. The zero-order valence-electron chi connectivity index (χ0n) is 26.0. The number of ether oxygens (including phenoxy) is 3. The number of likely N-dealkylation sites (N-methyl/N-ethyl adjacent to an activating group) is 1. The molecule has 0 unspecified atom stereocenters. The second-order valence-corrected chi connectivity index (χ2v) is 10.9. The number of alkyl carbamates (subject to hydrolysis) is 1. The molecule has 0 saturated carbocycles. The van der Waals surface area contributed by atoms with Gasteiger partial charge in [-0.15, -0.1) is 6.58 Å². The van der Waals surface area contributed by atoms with Gasteiger partial charge in [0.15, 0.2) is 0 Å². The molecule has 2 aromatic heterocycles. The quantitative estimate of drug-likeness (QED) is 0.172. The van der Waals surface area contributed by atoms with Crippen LogP contribution in [0.4, 0.5) is 32.6 Å². The minimum absolute atomic E-state index is 0.0788. The van der Waals surface area contributed by atoms with Gasteiger partial charge in [-0.05, 0) is 39.0 Å². The highest BCUT2D eigenvalue weighted by Crippen LogP contribution is 2.41. The van der Waals surface area contributed by atoms with Gasteiger partial charge in [-0.1, -0.05) is 24.3 Å². The van der Waals surface area contributed by atoms with Crippen molar-refractivity contribution in [2.24, 2.45) is 0 Å². The van der Waals surface area contributed by atoms with Crippen LogP contribution in [-0.2, 0) is 16.0 Å². The maximum atomic E-state index is 13.8. The Morgan fingerprint density at radius 2 is 1.91 bits per heavy atom. The molecular weight excluding hydrogens is 562 g/mol. The summed E-state index contributed by atoms with van der Waals surface area (Å²) in [6, 6.07) is 13.1. The number of nitrogens with two attached hydrogens (primary N) is 1. The van der Waals surface area contributed by atoms with E-state index in [0.29, 0.717) is 41.6 Å². The fourth-order valence-corrected chi connectivity index (χ4v) is 4.65. The zero-order valence-corrected chi connectivity index (χ0v) is 26.0. The van der Waals surface area contributed by atoms with Crippen molar-refractivity contribution in [2.45, 2.75) is 32.9 Å². The fourth-order valence-electron chi connectivity index (χ4n) is 4.65. The summed E-state index contributed by atoms with van der Waals surface area (Å²) >= 11 is 0. The molecule has 3 N–H and O–H groups in total. The molecule has 0 saturated heterocycles. The van der Waals surface area contributed by atoms with Crippen molar-refractivity contribution in [3.8, 4) is 17.0 Å². The summed E-state index contributed by atoms with van der Waals surface area (Å²) in [5.74, 6) is 0.408. The number of aromatic nitrogens is 3. The molecule has 0 radical (unpaired) electrons. The summed E-state index contributed by atoms with van der Waals surface area (Å²) in [6.07, 6.45) is 4.20. The number of nitrogens with one attached hydrogen (secondary N) is 1. The van der Waals surface area contributed by atoms with E-state index in [1.54, 1.807) is 52.2 Å². The molecule has 0 aliphatic rings. The van der Waals surface area contributed by atoms with E-state index < -0.39 is 17.8 Å². The topological polar surface area (TPSA) is 137 Å². The smallest absolute Gasteiger partial charge is 0.422 e. The summed E-state index contributed by atoms with van der Waals surface area (Å²) in [7, 11) is 4.79. The third-order valence-electron chi connectivity index (χ3n) is 6.65. The molecule has 12 heteroatoms. The number of nitrogens with zero attached hydrogens (tertiary/aromatic N) is 5. The molecule has 2 aromatic carbocycles. The number of fused-ring (bicyclic) bond motifs is 1. The molecular formula is C32H39N7O5. The highest BCUT2D eigenvalue weighted by molar-refractivity contribution is 5.99. The SMILES string of the molecule is C=CCn1cc(-c2ccnc(N(C(=O)OC(C)(C)C)c3cc(N)c(N(C)CCOC(=O)NC)cc3OC)n2)c2ccccc21. The molecule has 2 heterocycles. The largest absolute Gasteiger partial charge is 0.494 e. The first-order valence-corrected chi connectivity index (χ1v) is 14.1. The standard InChI is InChI=1S/C32H39N7O5/c1-8-15-38-20-22(21-11-9-10-12-25(21)38)24-13-14-35-29(36-24)39(31(41)44-32(2,3)4)27-18-23(33)26(19-28(27)42-7)37(6)16-17-43-30(40)34-5/h8-14,18-20H,1,15-17,33H2,2-7H3,(H,34,40). The van der Waals surface area contributed by atoms with Crippen LogP contribution >= 0.6 is 0 Å². The van der Waals surface area contributed by atoms with Crippen LogP contribution in [0.5, 0.6) is 5.75 Å². The summed E-state index contributed by atoms with van der Waals surface area (Å²) < 4.78 is 18.7. The zero-order chi connectivity index (χ0) is 32.0. The van der Waals surface area contributed by atoms with Gasteiger partial charge >= 0.3 is 12.2 Å². The molecule has 232 valence electrons. The predicted molar refractivity (Wildman–Crippen MR) is 173 cm³/mol. The predicted octanol–water partition coefficient (Wildman–Crippen LogP) is 5.74. The van der Waals surface area contributed by atoms with E-state index in [1.807, 2.05) is 41.4 Å². The van der Waals surface area contributed by atoms with Crippen molar-refractivity contribution in [3.05, 3.63) is 67.5 Å². The Balaban J connectivity index is 1.80. The molecule has 4 rings (SSSR count). The van der Waals surface area contributed by atoms with Crippen LogP contribution in [0.2, 0.25) is 0 Å². The number of rotatable bonds is 10. The molecule has 0 fully saturated rings. The van der Waals surface area contributed by atoms with E-state index in [2.05, 4.69) is 21.4 Å². The number of carbonyl (C=O) groups excluding carboxylic acids is 2. The second kappa shape index (κ2) is 13.4. The Kier molecular flexibility index (Phi) is 9.62. The average Bonchev–Trinajstić information content (AvgIpc) is 3.35. The molecule has 0 spiro atoms. The van der Waals surface area contributed by atoms with E-state index in [4.69, 9.17) is 24.9 Å². The van der Waals surface area contributed by atoms with E-state index in [9.17, 15) is 9.59 Å². The van der Waals surface area contributed by atoms with Crippen LogP contribution in [0.15, 0.2) is 67.5 Å². The lowest BCUT2D eigenvalue weighted by molar-refractivity contribution is 0.0596. The maximum Gasteiger partial charge on any atom is 0.422 e. The number of benzene rings is 2. The lowest BCUT2D eigenvalue weighted by atomic mass is 10.1. The van der Waals surface area contributed by atoms with Crippen molar-refractivity contribution in [1.29, 1.82) is 0 Å². The normalized spacial score (nSPS) is 11.1. The minimum Gasteiger partial charge on any atom is -0.494 e. The van der Waals surface area contributed by atoms with Gasteiger partial charge in [0, 0.05) is 55.6 Å². The number of hydrogen-bond acceptors (Lipinski definition) is 9. The lowest BCUT2D eigenvalue weighted by Gasteiger charge is -2.29. The van der Waals surface area contributed by atoms with E-state index in [1.165, 1.54) is 19.1 Å². The Bertz CT molecular complexity index is 1660. The first-order valence-electron chi connectivity index (χ1n) is 14.1. The molecule has 0 aliphatic carbocycles. The molecule has 0 bridgehead atoms. The average molecular weight is 602 g/mol.